The maximum Gasteiger partial charge on any atom is 0.313 e. The van der Waals surface area contributed by atoms with E-state index >= 15 is 0 Å². The Morgan fingerprint density at radius 3 is 3.00 bits per heavy atom. The summed E-state index contributed by atoms with van der Waals surface area (Å²) in [4.78, 5) is 27.3. The molecule has 5 heteroatoms. The predicted molar refractivity (Wildman–Crippen MR) is 73.1 cm³/mol. The van der Waals surface area contributed by atoms with Crippen LogP contribution >= 0.6 is 0 Å². The Labute approximate surface area is 115 Å². The lowest BCUT2D eigenvalue weighted by Gasteiger charge is -2.25. The molecule has 2 heterocycles. The van der Waals surface area contributed by atoms with Gasteiger partial charge in [-0.15, -0.1) is 0 Å². The molecule has 0 radical (unpaired) electrons. The predicted octanol–water partition coefficient (Wildman–Crippen LogP) is 2.01. The highest BCUT2D eigenvalue weighted by atomic mass is 16.3. The van der Waals surface area contributed by atoms with Gasteiger partial charge in [-0.3, -0.25) is 9.59 Å². The molecule has 100 valence electrons. The van der Waals surface area contributed by atoms with E-state index in [9.17, 15) is 9.59 Å². The normalized spacial score (nSPS) is 22.9. The number of allylic oxidation sites excluding steroid dienone is 3. The van der Waals surface area contributed by atoms with Gasteiger partial charge in [-0.2, -0.15) is 0 Å². The van der Waals surface area contributed by atoms with E-state index in [-0.39, 0.29) is 17.6 Å². The van der Waals surface area contributed by atoms with Crippen molar-refractivity contribution in [2.45, 2.75) is 6.92 Å². The van der Waals surface area contributed by atoms with Gasteiger partial charge in [0, 0.05) is 17.7 Å². The van der Waals surface area contributed by atoms with Gasteiger partial charge < -0.3 is 9.73 Å². The van der Waals surface area contributed by atoms with Crippen molar-refractivity contribution in [1.82, 2.24) is 5.32 Å². The minimum atomic E-state index is -0.445. The van der Waals surface area contributed by atoms with E-state index in [0.717, 1.165) is 11.3 Å². The molecule has 0 fully saturated rings. The van der Waals surface area contributed by atoms with Crippen LogP contribution in [0.2, 0.25) is 0 Å². The van der Waals surface area contributed by atoms with E-state index in [1.54, 1.807) is 30.4 Å². The Balaban J connectivity index is 1.88. The van der Waals surface area contributed by atoms with Crippen molar-refractivity contribution in [3.8, 4) is 0 Å². The first kappa shape index (κ1) is 12.3. The van der Waals surface area contributed by atoms with E-state index in [2.05, 4.69) is 10.3 Å². The Hall–Kier alpha value is -2.69. The Kier molecular flexibility index (Phi) is 2.95. The molecule has 1 aromatic rings. The van der Waals surface area contributed by atoms with Crippen LogP contribution in [0.5, 0.6) is 0 Å². The summed E-state index contributed by atoms with van der Waals surface area (Å²) >= 11 is 0. The molecule has 0 saturated heterocycles. The maximum atomic E-state index is 11.8. The van der Waals surface area contributed by atoms with Gasteiger partial charge in [0.15, 0.2) is 5.76 Å². The van der Waals surface area contributed by atoms with Gasteiger partial charge in [-0.1, -0.05) is 11.6 Å². The zero-order valence-electron chi connectivity index (χ0n) is 10.8. The van der Waals surface area contributed by atoms with Crippen molar-refractivity contribution in [2.75, 3.05) is 0 Å². The summed E-state index contributed by atoms with van der Waals surface area (Å²) in [6, 6.07) is 3.19. The second kappa shape index (κ2) is 4.77. The first-order chi connectivity index (χ1) is 9.63. The lowest BCUT2D eigenvalue weighted by Crippen LogP contribution is -2.32. The Morgan fingerprint density at radius 1 is 1.40 bits per heavy atom. The van der Waals surface area contributed by atoms with Crippen molar-refractivity contribution in [1.29, 1.82) is 0 Å². The number of fused-ring (bicyclic) bond motifs is 1. The third-order valence-corrected chi connectivity index (χ3v) is 3.18. The number of hydrogen-bond acceptors (Lipinski definition) is 3. The number of rotatable bonds is 1. The molecular weight excluding hydrogens is 256 g/mol. The van der Waals surface area contributed by atoms with Crippen molar-refractivity contribution in [3.63, 3.8) is 0 Å². The summed E-state index contributed by atoms with van der Waals surface area (Å²) in [5.74, 6) is -0.364. The minimum absolute atomic E-state index is 0.0466. The highest BCUT2D eigenvalue weighted by molar-refractivity contribution is 6.13. The second-order valence-corrected chi connectivity index (χ2v) is 4.63. The highest BCUT2D eigenvalue weighted by Gasteiger charge is 2.24. The molecule has 0 spiro atoms. The van der Waals surface area contributed by atoms with Crippen LogP contribution in [0.15, 0.2) is 63.4 Å². The van der Waals surface area contributed by atoms with Crippen molar-refractivity contribution < 1.29 is 14.0 Å². The number of nitrogens with zero attached hydrogens (tertiary/aromatic N) is 1. The topological polar surface area (TPSA) is 71.7 Å². The van der Waals surface area contributed by atoms with Gasteiger partial charge in [0.25, 0.3) is 0 Å². The number of nitrogens with one attached hydrogen (secondary N) is 1. The van der Waals surface area contributed by atoms with Crippen molar-refractivity contribution >= 4 is 17.5 Å². The summed E-state index contributed by atoms with van der Waals surface area (Å²) < 4.78 is 5.00. The second-order valence-electron chi connectivity index (χ2n) is 4.63. The molecule has 1 aromatic heterocycles. The van der Waals surface area contributed by atoms with Gasteiger partial charge in [0.05, 0.1) is 12.0 Å². The summed E-state index contributed by atoms with van der Waals surface area (Å²) in [6.45, 7) is 1.90. The standard InChI is InChI=1S/C15H12N2O3/c1-9-7-14(18)17-12-8-10(4-5-11(9)12)16-15(19)13-3-2-6-20-13/h2-8,11H,1H3,(H,17,18). The van der Waals surface area contributed by atoms with Gasteiger partial charge >= 0.3 is 5.91 Å². The van der Waals surface area contributed by atoms with E-state index < -0.39 is 5.91 Å². The molecule has 20 heavy (non-hydrogen) atoms. The van der Waals surface area contributed by atoms with Crippen LogP contribution in [-0.2, 0) is 4.79 Å². The molecule has 0 bridgehead atoms. The maximum absolute atomic E-state index is 11.8. The van der Waals surface area contributed by atoms with Crippen molar-refractivity contribution in [3.05, 3.63) is 59.7 Å². The van der Waals surface area contributed by atoms with Gasteiger partial charge in [-0.05, 0) is 31.2 Å². The summed E-state index contributed by atoms with van der Waals surface area (Å²) in [7, 11) is 0. The summed E-state index contributed by atoms with van der Waals surface area (Å²) in [5, 5.41) is 2.77. The van der Waals surface area contributed by atoms with E-state index in [4.69, 9.17) is 4.42 Å². The fourth-order valence-electron chi connectivity index (χ4n) is 2.22. The van der Waals surface area contributed by atoms with Crippen LogP contribution in [0.4, 0.5) is 0 Å². The van der Waals surface area contributed by atoms with Crippen LogP contribution in [0, 0.1) is 5.92 Å². The minimum Gasteiger partial charge on any atom is -0.459 e. The number of carbonyl (C=O) groups excluding carboxylic acids is 2. The van der Waals surface area contributed by atoms with Gasteiger partial charge in [-0.25, -0.2) is 4.99 Å². The fraction of sp³-hybridized carbons (Fsp3) is 0.133. The van der Waals surface area contributed by atoms with E-state index in [0.29, 0.717) is 5.71 Å². The zero-order chi connectivity index (χ0) is 14.1. The van der Waals surface area contributed by atoms with Gasteiger partial charge in [0.2, 0.25) is 5.91 Å². The third-order valence-electron chi connectivity index (χ3n) is 3.18. The summed E-state index contributed by atoms with van der Waals surface area (Å²) in [6.07, 6.45) is 8.38. The molecular formula is C15H12N2O3. The lowest BCUT2D eigenvalue weighted by molar-refractivity contribution is -0.116. The zero-order valence-corrected chi connectivity index (χ0v) is 10.8. The van der Waals surface area contributed by atoms with E-state index in [1.165, 1.54) is 6.26 Å². The largest absolute Gasteiger partial charge is 0.459 e. The Bertz CT molecular complexity index is 691. The average molecular weight is 268 g/mol. The number of hydrogen-bond donors (Lipinski definition) is 1. The Morgan fingerprint density at radius 2 is 2.25 bits per heavy atom. The molecule has 2 amide bonds. The van der Waals surface area contributed by atoms with Gasteiger partial charge in [0.1, 0.15) is 0 Å². The molecule has 2 aliphatic rings. The van der Waals surface area contributed by atoms with Crippen LogP contribution in [-0.4, -0.2) is 17.5 Å². The quantitative estimate of drug-likeness (QED) is 0.846. The first-order valence-corrected chi connectivity index (χ1v) is 6.19. The molecule has 5 nitrogen and oxygen atoms in total. The molecule has 1 unspecified atom stereocenters. The molecule has 1 atom stereocenters. The summed E-state index contributed by atoms with van der Waals surface area (Å²) in [5.41, 5.74) is 2.20. The lowest BCUT2D eigenvalue weighted by atomic mass is 9.89. The SMILES string of the molecule is CC1=CC(=O)NC2=CC(=NC(=O)c3ccco3)C=CC12. The number of furan rings is 1. The first-order valence-electron chi connectivity index (χ1n) is 6.19. The number of aliphatic imine (C=N–C) groups is 1. The third kappa shape index (κ3) is 2.25. The molecule has 3 rings (SSSR count). The van der Waals surface area contributed by atoms with E-state index in [1.807, 2.05) is 13.0 Å². The molecule has 0 aromatic carbocycles. The average Bonchev–Trinajstić information content (AvgIpc) is 2.91. The molecule has 1 N–H and O–H groups in total. The van der Waals surface area contributed by atoms with Crippen LogP contribution in [0.25, 0.3) is 0 Å². The monoisotopic (exact) mass is 268 g/mol. The molecule has 1 aliphatic heterocycles. The smallest absolute Gasteiger partial charge is 0.313 e. The number of carbonyl (C=O) groups is 2. The number of amides is 2. The van der Waals surface area contributed by atoms with Crippen LogP contribution in [0.3, 0.4) is 0 Å². The van der Waals surface area contributed by atoms with Crippen molar-refractivity contribution in [2.24, 2.45) is 10.9 Å². The highest BCUT2D eigenvalue weighted by Crippen LogP contribution is 2.26. The molecule has 1 aliphatic carbocycles. The van der Waals surface area contributed by atoms with Crippen LogP contribution in [0.1, 0.15) is 17.5 Å². The molecule has 0 saturated carbocycles. The van der Waals surface area contributed by atoms with Crippen LogP contribution < -0.4 is 5.32 Å². The fourth-order valence-corrected chi connectivity index (χ4v) is 2.22.